The molecule has 4 heteroatoms. The molecule has 2 N–H and O–H groups in total. The van der Waals surface area contributed by atoms with Crippen LogP contribution in [0.3, 0.4) is 0 Å². The SMILES string of the molecule is CCC1CCC(c2noc(/C=C/c3ccc(N)cc3)n2)C1. The highest BCUT2D eigenvalue weighted by molar-refractivity contribution is 5.66. The van der Waals surface area contributed by atoms with E-state index in [1.807, 2.05) is 36.4 Å². The number of aromatic nitrogens is 2. The van der Waals surface area contributed by atoms with Crippen LogP contribution in [0.1, 0.15) is 55.8 Å². The summed E-state index contributed by atoms with van der Waals surface area (Å²) in [5.74, 6) is 2.73. The third kappa shape index (κ3) is 3.32. The average Bonchev–Trinajstić information content (AvgIpc) is 3.15. The average molecular weight is 283 g/mol. The second kappa shape index (κ2) is 6.12. The second-order valence-electron chi connectivity index (χ2n) is 5.78. The van der Waals surface area contributed by atoms with Crippen LogP contribution in [-0.2, 0) is 0 Å². The van der Waals surface area contributed by atoms with Gasteiger partial charge in [-0.3, -0.25) is 0 Å². The van der Waals surface area contributed by atoms with Crippen molar-refractivity contribution in [1.82, 2.24) is 10.1 Å². The van der Waals surface area contributed by atoms with Gasteiger partial charge >= 0.3 is 0 Å². The Kier molecular flexibility index (Phi) is 4.04. The number of hydrogen-bond acceptors (Lipinski definition) is 4. The summed E-state index contributed by atoms with van der Waals surface area (Å²) in [6.45, 7) is 2.25. The maximum absolute atomic E-state index is 5.66. The molecule has 1 aliphatic rings. The minimum Gasteiger partial charge on any atom is -0.399 e. The first-order valence-electron chi connectivity index (χ1n) is 7.62. The summed E-state index contributed by atoms with van der Waals surface area (Å²) >= 11 is 0. The van der Waals surface area contributed by atoms with Crippen LogP contribution in [0.25, 0.3) is 12.2 Å². The van der Waals surface area contributed by atoms with Crippen molar-refractivity contribution in [2.75, 3.05) is 5.73 Å². The summed E-state index contributed by atoms with van der Waals surface area (Å²) in [5, 5.41) is 4.14. The van der Waals surface area contributed by atoms with E-state index < -0.39 is 0 Å². The lowest BCUT2D eigenvalue weighted by atomic mass is 10.0. The summed E-state index contributed by atoms with van der Waals surface area (Å²) in [4.78, 5) is 4.50. The third-order valence-electron chi connectivity index (χ3n) is 4.30. The number of rotatable bonds is 4. The van der Waals surface area contributed by atoms with Crippen LogP contribution in [0.5, 0.6) is 0 Å². The second-order valence-corrected chi connectivity index (χ2v) is 5.78. The smallest absolute Gasteiger partial charge is 0.250 e. The van der Waals surface area contributed by atoms with Crippen molar-refractivity contribution in [3.8, 4) is 0 Å². The van der Waals surface area contributed by atoms with Crippen LogP contribution in [0.2, 0.25) is 0 Å². The van der Waals surface area contributed by atoms with Gasteiger partial charge in [0.25, 0.3) is 5.89 Å². The molecule has 1 aromatic carbocycles. The predicted molar refractivity (Wildman–Crippen MR) is 84.5 cm³/mol. The first kappa shape index (κ1) is 13.9. The van der Waals surface area contributed by atoms with Crippen molar-refractivity contribution in [3.63, 3.8) is 0 Å². The minimum absolute atomic E-state index is 0.470. The lowest BCUT2D eigenvalue weighted by molar-refractivity contribution is 0.396. The van der Waals surface area contributed by atoms with E-state index in [1.54, 1.807) is 0 Å². The molecule has 0 saturated heterocycles. The van der Waals surface area contributed by atoms with Gasteiger partial charge in [0.2, 0.25) is 0 Å². The van der Waals surface area contributed by atoms with Gasteiger partial charge in [0.1, 0.15) is 0 Å². The molecule has 2 aromatic rings. The molecule has 0 spiro atoms. The largest absolute Gasteiger partial charge is 0.399 e. The van der Waals surface area contributed by atoms with Crippen LogP contribution in [0, 0.1) is 5.92 Å². The molecule has 4 nitrogen and oxygen atoms in total. The molecule has 2 unspecified atom stereocenters. The molecule has 3 rings (SSSR count). The zero-order valence-corrected chi connectivity index (χ0v) is 12.3. The van der Waals surface area contributed by atoms with E-state index >= 15 is 0 Å². The standard InChI is InChI=1S/C17H21N3O/c1-2-12-3-7-14(11-12)17-19-16(21-20-17)10-6-13-4-8-15(18)9-5-13/h4-6,8-10,12,14H,2-3,7,11,18H2,1H3/b10-6+. The van der Waals surface area contributed by atoms with Gasteiger partial charge in [-0.05, 0) is 49.0 Å². The lowest BCUT2D eigenvalue weighted by Crippen LogP contribution is -1.97. The summed E-state index contributed by atoms with van der Waals surface area (Å²) in [6, 6.07) is 7.68. The maximum atomic E-state index is 5.66. The Morgan fingerprint density at radius 3 is 2.76 bits per heavy atom. The van der Waals surface area contributed by atoms with Crippen molar-refractivity contribution in [1.29, 1.82) is 0 Å². The van der Waals surface area contributed by atoms with Crippen molar-refractivity contribution in [2.24, 2.45) is 5.92 Å². The fourth-order valence-corrected chi connectivity index (χ4v) is 2.94. The first-order valence-corrected chi connectivity index (χ1v) is 7.62. The summed E-state index contributed by atoms with van der Waals surface area (Å²) in [7, 11) is 0. The van der Waals surface area contributed by atoms with Crippen molar-refractivity contribution < 1.29 is 4.52 Å². The number of anilines is 1. The van der Waals surface area contributed by atoms with Gasteiger partial charge in [0, 0.05) is 17.7 Å². The van der Waals surface area contributed by atoms with Gasteiger partial charge in [-0.25, -0.2) is 0 Å². The fraction of sp³-hybridized carbons (Fsp3) is 0.412. The Morgan fingerprint density at radius 1 is 1.24 bits per heavy atom. The van der Waals surface area contributed by atoms with Crippen molar-refractivity contribution in [2.45, 2.75) is 38.5 Å². The number of benzene rings is 1. The van der Waals surface area contributed by atoms with E-state index in [4.69, 9.17) is 10.3 Å². The van der Waals surface area contributed by atoms with E-state index in [0.29, 0.717) is 11.8 Å². The zero-order valence-electron chi connectivity index (χ0n) is 12.3. The molecule has 21 heavy (non-hydrogen) atoms. The topological polar surface area (TPSA) is 64.9 Å². The van der Waals surface area contributed by atoms with Crippen molar-refractivity contribution >= 4 is 17.8 Å². The summed E-state index contributed by atoms with van der Waals surface area (Å²) in [6.07, 6.45) is 8.72. The molecule has 1 aliphatic carbocycles. The highest BCUT2D eigenvalue weighted by Crippen LogP contribution is 2.38. The summed E-state index contributed by atoms with van der Waals surface area (Å²) in [5.41, 5.74) is 7.49. The van der Waals surface area contributed by atoms with Crippen LogP contribution in [-0.4, -0.2) is 10.1 Å². The molecule has 0 amide bonds. The molecule has 1 fully saturated rings. The zero-order chi connectivity index (χ0) is 14.7. The Morgan fingerprint density at radius 2 is 2.05 bits per heavy atom. The maximum Gasteiger partial charge on any atom is 0.250 e. The predicted octanol–water partition coefficient (Wildman–Crippen LogP) is 4.12. The van der Waals surface area contributed by atoms with Gasteiger partial charge < -0.3 is 10.3 Å². The van der Waals surface area contributed by atoms with Gasteiger partial charge in [-0.15, -0.1) is 0 Å². The lowest BCUT2D eigenvalue weighted by Gasteiger charge is -2.04. The van der Waals surface area contributed by atoms with Crippen LogP contribution < -0.4 is 5.73 Å². The van der Waals surface area contributed by atoms with Crippen molar-refractivity contribution in [3.05, 3.63) is 41.5 Å². The molecule has 1 heterocycles. The summed E-state index contributed by atoms with van der Waals surface area (Å²) < 4.78 is 5.32. The van der Waals surface area contributed by atoms with Gasteiger partial charge in [-0.2, -0.15) is 4.98 Å². The van der Waals surface area contributed by atoms with Crippen LogP contribution >= 0.6 is 0 Å². The Balaban J connectivity index is 1.66. The number of nitrogens with zero attached hydrogens (tertiary/aromatic N) is 2. The number of nitrogens with two attached hydrogens (primary N) is 1. The highest BCUT2D eigenvalue weighted by atomic mass is 16.5. The molecule has 1 saturated carbocycles. The van der Waals surface area contributed by atoms with E-state index in [9.17, 15) is 0 Å². The van der Waals surface area contributed by atoms with E-state index in [2.05, 4.69) is 17.1 Å². The Labute approximate surface area is 125 Å². The van der Waals surface area contributed by atoms with Gasteiger partial charge in [0.05, 0.1) is 0 Å². The van der Waals surface area contributed by atoms with E-state index in [0.717, 1.165) is 23.0 Å². The molecular weight excluding hydrogens is 262 g/mol. The fourth-order valence-electron chi connectivity index (χ4n) is 2.94. The Hall–Kier alpha value is -2.10. The third-order valence-corrected chi connectivity index (χ3v) is 4.30. The normalized spacial score (nSPS) is 22.1. The first-order chi connectivity index (χ1) is 10.2. The minimum atomic E-state index is 0.470. The molecule has 1 aromatic heterocycles. The molecule has 0 bridgehead atoms. The monoisotopic (exact) mass is 283 g/mol. The molecular formula is C17H21N3O. The molecule has 110 valence electrons. The number of nitrogen functional groups attached to an aromatic ring is 1. The number of hydrogen-bond donors (Lipinski definition) is 1. The van der Waals surface area contributed by atoms with Crippen LogP contribution in [0.4, 0.5) is 5.69 Å². The van der Waals surface area contributed by atoms with Gasteiger partial charge in [0.15, 0.2) is 5.82 Å². The van der Waals surface area contributed by atoms with Gasteiger partial charge in [-0.1, -0.05) is 30.6 Å². The molecule has 0 radical (unpaired) electrons. The molecule has 0 aliphatic heterocycles. The molecule has 2 atom stereocenters. The Bertz CT molecular complexity index is 615. The van der Waals surface area contributed by atoms with Crippen LogP contribution in [0.15, 0.2) is 28.8 Å². The van der Waals surface area contributed by atoms with E-state index in [1.165, 1.54) is 25.7 Å². The highest BCUT2D eigenvalue weighted by Gasteiger charge is 2.27. The quantitative estimate of drug-likeness (QED) is 0.857. The van der Waals surface area contributed by atoms with E-state index in [-0.39, 0.29) is 0 Å².